The molecule has 0 spiro atoms. The van der Waals surface area contributed by atoms with Crippen molar-refractivity contribution in [2.45, 2.75) is 13.0 Å². The molecular weight excluding hydrogens is 308 g/mol. The number of methoxy groups -OCH3 is 1. The van der Waals surface area contributed by atoms with Gasteiger partial charge in [-0.1, -0.05) is 0 Å². The lowest BCUT2D eigenvalue weighted by molar-refractivity contribution is -0.124. The van der Waals surface area contributed by atoms with E-state index in [9.17, 15) is 9.59 Å². The van der Waals surface area contributed by atoms with E-state index in [1.165, 1.54) is 11.1 Å². The van der Waals surface area contributed by atoms with Gasteiger partial charge in [-0.05, 0) is 43.3 Å². The Morgan fingerprint density at radius 3 is 2.58 bits per heavy atom. The summed E-state index contributed by atoms with van der Waals surface area (Å²) in [5.74, 6) is 0.331. The van der Waals surface area contributed by atoms with E-state index in [-0.39, 0.29) is 17.5 Å². The number of carbonyl (C=O) groups is 2. The van der Waals surface area contributed by atoms with Gasteiger partial charge in [0.2, 0.25) is 5.91 Å². The maximum Gasteiger partial charge on any atom is 0.275 e. The van der Waals surface area contributed by atoms with Crippen LogP contribution in [-0.2, 0) is 4.79 Å². The number of hydrogen-bond donors (Lipinski definition) is 0. The van der Waals surface area contributed by atoms with Crippen molar-refractivity contribution in [2.75, 3.05) is 25.1 Å². The number of amides is 2. The molecule has 2 aromatic rings. The minimum atomic E-state index is -0.560. The van der Waals surface area contributed by atoms with E-state index in [4.69, 9.17) is 4.74 Å². The van der Waals surface area contributed by atoms with Gasteiger partial charge in [-0.25, -0.2) is 0 Å². The molecule has 1 saturated heterocycles. The Bertz CT molecular complexity index is 733. The molecule has 1 atom stereocenters. The first kappa shape index (κ1) is 15.9. The van der Waals surface area contributed by atoms with E-state index >= 15 is 0 Å². The maximum absolute atomic E-state index is 12.7. The Labute approximate surface area is 139 Å². The molecule has 1 aliphatic heterocycles. The normalized spacial score (nSPS) is 17.8. The number of benzene rings is 1. The number of carbonyl (C=O) groups excluding carboxylic acids is 2. The van der Waals surface area contributed by atoms with Crippen molar-refractivity contribution in [3.8, 4) is 5.75 Å². The first-order chi connectivity index (χ1) is 11.6. The molecule has 7 nitrogen and oxygen atoms in total. The van der Waals surface area contributed by atoms with Crippen LogP contribution < -0.4 is 9.64 Å². The molecular formula is C17H18N4O3. The van der Waals surface area contributed by atoms with Crippen LogP contribution in [0.25, 0.3) is 0 Å². The highest BCUT2D eigenvalue weighted by atomic mass is 16.5. The van der Waals surface area contributed by atoms with Crippen molar-refractivity contribution in [2.24, 2.45) is 0 Å². The molecule has 1 fully saturated rings. The van der Waals surface area contributed by atoms with Crippen LogP contribution in [0.3, 0.4) is 0 Å². The molecule has 1 unspecified atom stereocenters. The highest BCUT2D eigenvalue weighted by molar-refractivity contribution is 6.02. The predicted octanol–water partition coefficient (Wildman–Crippen LogP) is 1.36. The van der Waals surface area contributed by atoms with Crippen LogP contribution in [0, 0.1) is 0 Å². The Balaban J connectivity index is 1.77. The molecule has 2 heterocycles. The molecule has 0 aliphatic carbocycles. The van der Waals surface area contributed by atoms with Gasteiger partial charge in [0.05, 0.1) is 7.11 Å². The highest BCUT2D eigenvalue weighted by Crippen LogP contribution is 2.23. The summed E-state index contributed by atoms with van der Waals surface area (Å²) in [5, 5.41) is 7.55. The second-order valence-electron chi connectivity index (χ2n) is 5.47. The molecule has 3 rings (SSSR count). The van der Waals surface area contributed by atoms with Gasteiger partial charge < -0.3 is 14.5 Å². The number of hydrogen-bond acceptors (Lipinski definition) is 5. The van der Waals surface area contributed by atoms with Gasteiger partial charge in [0, 0.05) is 25.0 Å². The fraction of sp³-hybridized carbons (Fsp3) is 0.294. The summed E-state index contributed by atoms with van der Waals surface area (Å²) in [6.45, 7) is 2.60. The number of nitrogens with zero attached hydrogens (tertiary/aromatic N) is 4. The first-order valence-corrected chi connectivity index (χ1v) is 7.66. The SMILES string of the molecule is COc1ccc(N2CCN(C(=O)c3cccnn3)C(C)C2=O)cc1. The average Bonchev–Trinajstić information content (AvgIpc) is 2.64. The van der Waals surface area contributed by atoms with Gasteiger partial charge in [0.25, 0.3) is 5.91 Å². The lowest BCUT2D eigenvalue weighted by Gasteiger charge is -2.38. The van der Waals surface area contributed by atoms with Crippen molar-refractivity contribution in [1.82, 2.24) is 15.1 Å². The minimum absolute atomic E-state index is 0.122. The van der Waals surface area contributed by atoms with Crippen molar-refractivity contribution in [3.05, 3.63) is 48.3 Å². The number of rotatable bonds is 3. The standard InChI is InChI=1S/C17H18N4O3/c1-12-16(22)21(13-5-7-14(24-2)8-6-13)11-10-20(12)17(23)15-4-3-9-18-19-15/h3-9,12H,10-11H2,1-2H3. The topological polar surface area (TPSA) is 75.6 Å². The third-order valence-electron chi connectivity index (χ3n) is 4.09. The smallest absolute Gasteiger partial charge is 0.275 e. The van der Waals surface area contributed by atoms with Crippen molar-refractivity contribution in [1.29, 1.82) is 0 Å². The zero-order valence-electron chi connectivity index (χ0n) is 13.5. The first-order valence-electron chi connectivity index (χ1n) is 7.66. The number of ether oxygens (including phenoxy) is 1. The fourth-order valence-corrected chi connectivity index (χ4v) is 2.73. The van der Waals surface area contributed by atoms with Gasteiger partial charge in [-0.15, -0.1) is 5.10 Å². The second-order valence-corrected chi connectivity index (χ2v) is 5.47. The lowest BCUT2D eigenvalue weighted by atomic mass is 10.1. The number of anilines is 1. The Hall–Kier alpha value is -2.96. The van der Waals surface area contributed by atoms with Crippen molar-refractivity contribution >= 4 is 17.5 Å². The predicted molar refractivity (Wildman–Crippen MR) is 87.9 cm³/mol. The van der Waals surface area contributed by atoms with Gasteiger partial charge in [0.1, 0.15) is 11.8 Å². The summed E-state index contributed by atoms with van der Waals surface area (Å²) in [5.41, 5.74) is 1.04. The largest absolute Gasteiger partial charge is 0.497 e. The maximum atomic E-state index is 12.7. The van der Waals surface area contributed by atoms with Crippen LogP contribution in [0.4, 0.5) is 5.69 Å². The van der Waals surface area contributed by atoms with Gasteiger partial charge in [-0.2, -0.15) is 5.10 Å². The van der Waals surface area contributed by atoms with Crippen molar-refractivity contribution < 1.29 is 14.3 Å². The Kier molecular flexibility index (Phi) is 4.41. The monoisotopic (exact) mass is 326 g/mol. The summed E-state index contributed by atoms with van der Waals surface area (Å²) in [6, 6.07) is 9.99. The van der Waals surface area contributed by atoms with Crippen LogP contribution in [0.1, 0.15) is 17.4 Å². The zero-order valence-corrected chi connectivity index (χ0v) is 13.5. The molecule has 1 aliphatic rings. The highest BCUT2D eigenvalue weighted by Gasteiger charge is 2.35. The average molecular weight is 326 g/mol. The van der Waals surface area contributed by atoms with E-state index in [1.54, 1.807) is 31.1 Å². The summed E-state index contributed by atoms with van der Waals surface area (Å²) in [6.07, 6.45) is 1.51. The molecule has 0 N–H and O–H groups in total. The molecule has 24 heavy (non-hydrogen) atoms. The van der Waals surface area contributed by atoms with E-state index in [0.717, 1.165) is 11.4 Å². The Morgan fingerprint density at radius 1 is 1.21 bits per heavy atom. The third kappa shape index (κ3) is 2.92. The molecule has 2 amide bonds. The molecule has 0 radical (unpaired) electrons. The second kappa shape index (κ2) is 6.66. The van der Waals surface area contributed by atoms with Gasteiger partial charge in [0.15, 0.2) is 5.69 Å². The molecule has 0 saturated carbocycles. The van der Waals surface area contributed by atoms with E-state index in [2.05, 4.69) is 10.2 Å². The van der Waals surface area contributed by atoms with E-state index in [1.807, 2.05) is 24.3 Å². The molecule has 0 bridgehead atoms. The van der Waals surface area contributed by atoms with E-state index < -0.39 is 6.04 Å². The van der Waals surface area contributed by atoms with Gasteiger partial charge >= 0.3 is 0 Å². The van der Waals surface area contributed by atoms with Crippen LogP contribution in [0.15, 0.2) is 42.6 Å². The van der Waals surface area contributed by atoms with Crippen LogP contribution >= 0.6 is 0 Å². The lowest BCUT2D eigenvalue weighted by Crippen LogP contribution is -2.57. The molecule has 1 aromatic heterocycles. The summed E-state index contributed by atoms with van der Waals surface area (Å²) in [4.78, 5) is 28.4. The zero-order chi connectivity index (χ0) is 17.1. The summed E-state index contributed by atoms with van der Waals surface area (Å²) < 4.78 is 5.13. The van der Waals surface area contributed by atoms with E-state index in [0.29, 0.717) is 13.1 Å². The van der Waals surface area contributed by atoms with Gasteiger partial charge in [-0.3, -0.25) is 9.59 Å². The van der Waals surface area contributed by atoms with Crippen LogP contribution in [0.5, 0.6) is 5.75 Å². The van der Waals surface area contributed by atoms with Crippen molar-refractivity contribution in [3.63, 3.8) is 0 Å². The Morgan fingerprint density at radius 2 is 1.96 bits per heavy atom. The molecule has 7 heteroatoms. The third-order valence-corrected chi connectivity index (χ3v) is 4.09. The summed E-state index contributed by atoms with van der Waals surface area (Å²) >= 11 is 0. The fourth-order valence-electron chi connectivity index (χ4n) is 2.73. The van der Waals surface area contributed by atoms with Crippen LogP contribution in [0.2, 0.25) is 0 Å². The molecule has 1 aromatic carbocycles. The summed E-state index contributed by atoms with van der Waals surface area (Å²) in [7, 11) is 1.60. The molecule has 124 valence electrons. The van der Waals surface area contributed by atoms with Crippen LogP contribution in [-0.4, -0.2) is 53.2 Å². The quantitative estimate of drug-likeness (QED) is 0.851. The number of piperazine rings is 1. The number of aromatic nitrogens is 2. The minimum Gasteiger partial charge on any atom is -0.497 e.